The van der Waals surface area contributed by atoms with E-state index in [9.17, 15) is 12.8 Å². The summed E-state index contributed by atoms with van der Waals surface area (Å²) in [6.07, 6.45) is 0. The molecule has 16 heavy (non-hydrogen) atoms. The van der Waals surface area contributed by atoms with Crippen molar-refractivity contribution in [2.24, 2.45) is 0 Å². The lowest BCUT2D eigenvalue weighted by atomic mass is 10.2. The van der Waals surface area contributed by atoms with Crippen molar-refractivity contribution in [2.45, 2.75) is 6.54 Å². The lowest BCUT2D eigenvalue weighted by molar-refractivity contribution is 0.467. The number of rotatable bonds is 5. The van der Waals surface area contributed by atoms with Crippen molar-refractivity contribution in [1.29, 1.82) is 0 Å². The molecule has 90 valence electrons. The maximum atomic E-state index is 12.9. The van der Waals surface area contributed by atoms with E-state index in [-0.39, 0.29) is 24.0 Å². The van der Waals surface area contributed by atoms with Crippen LogP contribution in [0.5, 0.6) is 0 Å². The number of hydrogen-bond donors (Lipinski definition) is 0. The normalized spacial score (nSPS) is 12.0. The summed E-state index contributed by atoms with van der Waals surface area (Å²) in [7, 11) is -1.89. The highest BCUT2D eigenvalue weighted by Crippen LogP contribution is 2.09. The summed E-state index contributed by atoms with van der Waals surface area (Å²) >= 11 is 5.39. The fraction of sp³-hybridized carbons (Fsp3) is 0.400. The summed E-state index contributed by atoms with van der Waals surface area (Å²) < 4.78 is 37.2. The Hall–Kier alpha value is -0.650. The molecule has 1 rings (SSSR count). The SMILES string of the molecule is CN(Cc1cccc(F)c1)S(=O)(=O)CCCl. The molecule has 1 aromatic rings. The molecule has 0 amide bonds. The van der Waals surface area contributed by atoms with Crippen molar-refractivity contribution in [3.8, 4) is 0 Å². The molecule has 0 aromatic heterocycles. The van der Waals surface area contributed by atoms with Crippen LogP contribution in [0, 0.1) is 5.82 Å². The van der Waals surface area contributed by atoms with Gasteiger partial charge in [-0.2, -0.15) is 0 Å². The molecule has 0 saturated heterocycles. The van der Waals surface area contributed by atoms with Gasteiger partial charge in [-0.05, 0) is 17.7 Å². The van der Waals surface area contributed by atoms with Gasteiger partial charge in [-0.3, -0.25) is 0 Å². The molecule has 0 bridgehead atoms. The summed E-state index contributed by atoms with van der Waals surface area (Å²) in [6.45, 7) is 0.150. The van der Waals surface area contributed by atoms with Gasteiger partial charge in [0, 0.05) is 19.5 Å². The van der Waals surface area contributed by atoms with Crippen LogP contribution in [-0.4, -0.2) is 31.4 Å². The van der Waals surface area contributed by atoms with Crippen LogP contribution in [0.25, 0.3) is 0 Å². The first kappa shape index (κ1) is 13.4. The average molecular weight is 266 g/mol. The Morgan fingerprint density at radius 2 is 2.12 bits per heavy atom. The minimum Gasteiger partial charge on any atom is -0.212 e. The van der Waals surface area contributed by atoms with Crippen molar-refractivity contribution < 1.29 is 12.8 Å². The van der Waals surface area contributed by atoms with Gasteiger partial charge in [-0.25, -0.2) is 17.1 Å². The number of nitrogens with zero attached hydrogens (tertiary/aromatic N) is 1. The molecular formula is C10H13ClFNO2S. The molecule has 0 fully saturated rings. The molecule has 0 aliphatic heterocycles. The Kier molecular flexibility index (Phi) is 4.70. The van der Waals surface area contributed by atoms with Gasteiger partial charge in [0.1, 0.15) is 5.82 Å². The van der Waals surface area contributed by atoms with Crippen LogP contribution in [0.1, 0.15) is 5.56 Å². The maximum Gasteiger partial charge on any atom is 0.215 e. The predicted molar refractivity (Wildman–Crippen MR) is 62.4 cm³/mol. The number of halogens is 2. The smallest absolute Gasteiger partial charge is 0.212 e. The molecule has 3 nitrogen and oxygen atoms in total. The third-order valence-electron chi connectivity index (χ3n) is 2.10. The van der Waals surface area contributed by atoms with Crippen LogP contribution in [0.4, 0.5) is 4.39 Å². The number of sulfonamides is 1. The van der Waals surface area contributed by atoms with Crippen molar-refractivity contribution in [3.05, 3.63) is 35.6 Å². The van der Waals surface area contributed by atoms with Crippen LogP contribution in [0.3, 0.4) is 0 Å². The first-order chi connectivity index (χ1) is 7.45. The van der Waals surface area contributed by atoms with Crippen molar-refractivity contribution in [2.75, 3.05) is 18.7 Å². The third-order valence-corrected chi connectivity index (χ3v) is 4.32. The highest BCUT2D eigenvalue weighted by molar-refractivity contribution is 7.89. The highest BCUT2D eigenvalue weighted by Gasteiger charge is 2.17. The first-order valence-electron chi connectivity index (χ1n) is 4.70. The Labute approximate surface area is 99.9 Å². The fourth-order valence-electron chi connectivity index (χ4n) is 1.24. The second kappa shape index (κ2) is 5.61. The summed E-state index contributed by atoms with van der Waals surface area (Å²) in [6, 6.07) is 5.85. The highest BCUT2D eigenvalue weighted by atomic mass is 35.5. The van der Waals surface area contributed by atoms with Crippen LogP contribution in [0.15, 0.2) is 24.3 Å². The predicted octanol–water partition coefficient (Wildman–Crippen LogP) is 1.83. The number of hydrogen-bond acceptors (Lipinski definition) is 2. The van der Waals surface area contributed by atoms with Gasteiger partial charge < -0.3 is 0 Å². The molecule has 0 radical (unpaired) electrons. The summed E-state index contributed by atoms with van der Waals surface area (Å²) in [5.74, 6) is -0.434. The Morgan fingerprint density at radius 3 is 2.69 bits per heavy atom. The molecule has 0 spiro atoms. The van der Waals surface area contributed by atoms with E-state index < -0.39 is 10.0 Å². The van der Waals surface area contributed by atoms with Crippen molar-refractivity contribution >= 4 is 21.6 Å². The second-order valence-corrected chi connectivity index (χ2v) is 5.96. The number of alkyl halides is 1. The van der Waals surface area contributed by atoms with E-state index in [0.29, 0.717) is 5.56 Å². The Bertz CT molecular complexity index is 450. The monoisotopic (exact) mass is 265 g/mol. The largest absolute Gasteiger partial charge is 0.215 e. The fourth-order valence-corrected chi connectivity index (χ4v) is 2.68. The summed E-state index contributed by atoms with van der Waals surface area (Å²) in [4.78, 5) is 0. The molecule has 6 heteroatoms. The molecule has 1 aromatic carbocycles. The topological polar surface area (TPSA) is 37.4 Å². The Balaban J connectivity index is 2.75. The third kappa shape index (κ3) is 3.73. The zero-order valence-electron chi connectivity index (χ0n) is 8.86. The number of benzene rings is 1. The van der Waals surface area contributed by atoms with Gasteiger partial charge in [0.25, 0.3) is 0 Å². The standard InChI is InChI=1S/C10H13ClFNO2S/c1-13(16(14,15)6-5-11)8-9-3-2-4-10(12)7-9/h2-4,7H,5-6,8H2,1H3. The zero-order chi connectivity index (χ0) is 12.2. The molecule has 0 N–H and O–H groups in total. The lowest BCUT2D eigenvalue weighted by Gasteiger charge is -2.16. The minimum absolute atomic E-state index is 0.0514. The Morgan fingerprint density at radius 1 is 1.44 bits per heavy atom. The molecule has 0 saturated carbocycles. The summed E-state index contributed by atoms with van der Waals surface area (Å²) in [5.41, 5.74) is 0.612. The lowest BCUT2D eigenvalue weighted by Crippen LogP contribution is -2.29. The van der Waals surface area contributed by atoms with Crippen LogP contribution in [0.2, 0.25) is 0 Å². The van der Waals surface area contributed by atoms with Crippen LogP contribution in [-0.2, 0) is 16.6 Å². The van der Waals surface area contributed by atoms with Gasteiger partial charge in [0.15, 0.2) is 0 Å². The molecule has 0 aliphatic carbocycles. The van der Waals surface area contributed by atoms with Gasteiger partial charge >= 0.3 is 0 Å². The van der Waals surface area contributed by atoms with Gasteiger partial charge in [-0.15, -0.1) is 11.6 Å². The van der Waals surface area contributed by atoms with Crippen LogP contribution < -0.4 is 0 Å². The van der Waals surface area contributed by atoms with E-state index in [2.05, 4.69) is 0 Å². The zero-order valence-corrected chi connectivity index (χ0v) is 10.4. The quantitative estimate of drug-likeness (QED) is 0.762. The average Bonchev–Trinajstić information content (AvgIpc) is 2.17. The van der Waals surface area contributed by atoms with E-state index in [1.54, 1.807) is 12.1 Å². The molecular weight excluding hydrogens is 253 g/mol. The minimum atomic E-state index is -3.34. The molecule has 0 unspecified atom stereocenters. The van der Waals surface area contributed by atoms with E-state index in [4.69, 9.17) is 11.6 Å². The van der Waals surface area contributed by atoms with E-state index in [0.717, 1.165) is 0 Å². The van der Waals surface area contributed by atoms with E-state index in [1.165, 1.54) is 23.5 Å². The van der Waals surface area contributed by atoms with Gasteiger partial charge in [0.05, 0.1) is 5.75 Å². The van der Waals surface area contributed by atoms with Crippen molar-refractivity contribution in [3.63, 3.8) is 0 Å². The van der Waals surface area contributed by atoms with Crippen molar-refractivity contribution in [1.82, 2.24) is 4.31 Å². The van der Waals surface area contributed by atoms with E-state index in [1.807, 2.05) is 0 Å². The molecule has 0 atom stereocenters. The molecule has 0 heterocycles. The maximum absolute atomic E-state index is 12.9. The molecule has 0 aliphatic rings. The second-order valence-electron chi connectivity index (χ2n) is 3.39. The van der Waals surface area contributed by atoms with Crippen LogP contribution >= 0.6 is 11.6 Å². The van der Waals surface area contributed by atoms with Gasteiger partial charge in [-0.1, -0.05) is 12.1 Å². The van der Waals surface area contributed by atoms with E-state index >= 15 is 0 Å². The summed E-state index contributed by atoms with van der Waals surface area (Å²) in [5, 5.41) is 0. The van der Waals surface area contributed by atoms with Gasteiger partial charge in [0.2, 0.25) is 10.0 Å². The first-order valence-corrected chi connectivity index (χ1v) is 6.84.